The van der Waals surface area contributed by atoms with Gasteiger partial charge in [-0.15, -0.1) is 0 Å². The van der Waals surface area contributed by atoms with Crippen molar-refractivity contribution in [1.29, 1.82) is 0 Å². The highest BCUT2D eigenvalue weighted by molar-refractivity contribution is 7.89. The fraction of sp³-hybridized carbons (Fsp3) is 0.400. The van der Waals surface area contributed by atoms with Crippen LogP contribution in [0.3, 0.4) is 0 Å². The highest BCUT2D eigenvalue weighted by Crippen LogP contribution is 2.13. The van der Waals surface area contributed by atoms with Gasteiger partial charge in [-0.2, -0.15) is 4.31 Å². The molecule has 0 saturated carbocycles. The number of nitrogens with two attached hydrogens (primary N) is 1. The Hall–Kier alpha value is -0.950. The first kappa shape index (κ1) is 13.1. The molecule has 1 aromatic rings. The molecule has 0 spiro atoms. The molecule has 16 heavy (non-hydrogen) atoms. The van der Waals surface area contributed by atoms with E-state index in [4.69, 9.17) is 5.73 Å². The minimum Gasteiger partial charge on any atom is -0.390 e. The van der Waals surface area contributed by atoms with E-state index in [1.54, 1.807) is 18.2 Å². The maximum Gasteiger partial charge on any atom is 0.242 e. The first-order chi connectivity index (χ1) is 7.48. The van der Waals surface area contributed by atoms with E-state index >= 15 is 0 Å². The molecule has 6 heteroatoms. The Kier molecular flexibility index (Phi) is 4.43. The lowest BCUT2D eigenvalue weighted by Crippen LogP contribution is -2.37. The van der Waals surface area contributed by atoms with Gasteiger partial charge in [-0.3, -0.25) is 0 Å². The normalized spacial score (nSPS) is 14.0. The van der Waals surface area contributed by atoms with E-state index in [9.17, 15) is 13.5 Å². The van der Waals surface area contributed by atoms with Gasteiger partial charge in [-0.25, -0.2) is 8.42 Å². The summed E-state index contributed by atoms with van der Waals surface area (Å²) >= 11 is 0. The molecule has 1 rings (SSSR count). The number of nitrogens with zero attached hydrogens (tertiary/aromatic N) is 1. The van der Waals surface area contributed by atoms with Crippen molar-refractivity contribution in [1.82, 2.24) is 4.31 Å². The zero-order chi connectivity index (χ0) is 12.2. The van der Waals surface area contributed by atoms with Gasteiger partial charge in [-0.05, 0) is 12.1 Å². The molecule has 0 amide bonds. The first-order valence-electron chi connectivity index (χ1n) is 4.88. The van der Waals surface area contributed by atoms with Crippen LogP contribution in [0.5, 0.6) is 0 Å². The van der Waals surface area contributed by atoms with E-state index < -0.39 is 16.1 Å². The Balaban J connectivity index is 2.87. The smallest absolute Gasteiger partial charge is 0.242 e. The minimum absolute atomic E-state index is 0.00622. The molecule has 0 aliphatic rings. The zero-order valence-electron chi connectivity index (χ0n) is 9.07. The molecule has 5 nitrogen and oxygen atoms in total. The van der Waals surface area contributed by atoms with Crippen LogP contribution in [-0.2, 0) is 10.0 Å². The molecular weight excluding hydrogens is 228 g/mol. The fourth-order valence-corrected chi connectivity index (χ4v) is 2.47. The number of sulfonamides is 1. The summed E-state index contributed by atoms with van der Waals surface area (Å²) in [6.07, 6.45) is -0.844. The first-order valence-corrected chi connectivity index (χ1v) is 6.32. The van der Waals surface area contributed by atoms with E-state index in [-0.39, 0.29) is 18.0 Å². The number of hydrogen-bond donors (Lipinski definition) is 2. The Morgan fingerprint density at radius 1 is 1.38 bits per heavy atom. The number of rotatable bonds is 5. The van der Waals surface area contributed by atoms with Gasteiger partial charge >= 0.3 is 0 Å². The molecule has 0 heterocycles. The minimum atomic E-state index is -3.53. The maximum absolute atomic E-state index is 12.0. The van der Waals surface area contributed by atoms with Crippen molar-refractivity contribution in [2.45, 2.75) is 11.0 Å². The largest absolute Gasteiger partial charge is 0.390 e. The zero-order valence-corrected chi connectivity index (χ0v) is 9.89. The molecule has 0 aliphatic heterocycles. The third-order valence-electron chi connectivity index (χ3n) is 2.19. The summed E-state index contributed by atoms with van der Waals surface area (Å²) in [4.78, 5) is 0.210. The monoisotopic (exact) mass is 244 g/mol. The van der Waals surface area contributed by atoms with Crippen LogP contribution in [0.4, 0.5) is 0 Å². The van der Waals surface area contributed by atoms with Gasteiger partial charge < -0.3 is 10.8 Å². The summed E-state index contributed by atoms with van der Waals surface area (Å²) in [5, 5.41) is 9.31. The van der Waals surface area contributed by atoms with Crippen LogP contribution >= 0.6 is 0 Å². The average Bonchev–Trinajstić information content (AvgIpc) is 2.29. The molecule has 1 unspecified atom stereocenters. The van der Waals surface area contributed by atoms with Gasteiger partial charge in [0.25, 0.3) is 0 Å². The lowest BCUT2D eigenvalue weighted by Gasteiger charge is -2.19. The highest BCUT2D eigenvalue weighted by Gasteiger charge is 2.21. The topological polar surface area (TPSA) is 83.6 Å². The molecular formula is C10H16N2O3S. The van der Waals surface area contributed by atoms with E-state index in [0.29, 0.717) is 0 Å². The second kappa shape index (κ2) is 5.40. The van der Waals surface area contributed by atoms with Crippen molar-refractivity contribution < 1.29 is 13.5 Å². The Morgan fingerprint density at radius 2 is 1.94 bits per heavy atom. The van der Waals surface area contributed by atoms with Gasteiger partial charge in [0.15, 0.2) is 0 Å². The lowest BCUT2D eigenvalue weighted by atomic mass is 10.4. The van der Waals surface area contributed by atoms with Crippen LogP contribution in [0.25, 0.3) is 0 Å². The molecule has 0 fully saturated rings. The number of aliphatic hydroxyl groups excluding tert-OH is 1. The number of likely N-dealkylation sites (N-methyl/N-ethyl adjacent to an activating group) is 1. The standard InChI is InChI=1S/C10H16N2O3S/c1-12(8-9(13)7-11)16(14,15)10-5-3-2-4-6-10/h2-6,9,13H,7-8,11H2,1H3. The molecule has 0 radical (unpaired) electrons. The quantitative estimate of drug-likeness (QED) is 0.740. The summed E-state index contributed by atoms with van der Waals surface area (Å²) in [6, 6.07) is 8.08. The van der Waals surface area contributed by atoms with Crippen molar-refractivity contribution in [3.05, 3.63) is 30.3 Å². The number of hydrogen-bond acceptors (Lipinski definition) is 4. The van der Waals surface area contributed by atoms with Crippen LogP contribution < -0.4 is 5.73 Å². The third-order valence-corrected chi connectivity index (χ3v) is 4.03. The maximum atomic E-state index is 12.0. The summed E-state index contributed by atoms with van der Waals surface area (Å²) < 4.78 is 25.0. The van der Waals surface area contributed by atoms with E-state index in [2.05, 4.69) is 0 Å². The second-order valence-electron chi connectivity index (χ2n) is 3.49. The van der Waals surface area contributed by atoms with Crippen molar-refractivity contribution in [3.8, 4) is 0 Å². The Morgan fingerprint density at radius 3 is 2.44 bits per heavy atom. The number of aliphatic hydroxyl groups is 1. The Labute approximate surface area is 95.5 Å². The van der Waals surface area contributed by atoms with Crippen LogP contribution in [0, 0.1) is 0 Å². The van der Waals surface area contributed by atoms with Crippen molar-refractivity contribution in [2.24, 2.45) is 5.73 Å². The number of benzene rings is 1. The van der Waals surface area contributed by atoms with Crippen LogP contribution in [0.1, 0.15) is 0 Å². The molecule has 3 N–H and O–H groups in total. The molecule has 1 atom stereocenters. The summed E-state index contributed by atoms with van der Waals surface area (Å²) in [5.41, 5.74) is 5.23. The molecule has 0 saturated heterocycles. The summed E-state index contributed by atoms with van der Waals surface area (Å²) in [6.45, 7) is 0.0301. The summed E-state index contributed by atoms with van der Waals surface area (Å²) in [5.74, 6) is 0. The summed E-state index contributed by atoms with van der Waals surface area (Å²) in [7, 11) is -2.11. The molecule has 0 bridgehead atoms. The SMILES string of the molecule is CN(CC(O)CN)S(=O)(=O)c1ccccc1. The van der Waals surface area contributed by atoms with Crippen LogP contribution in [0.15, 0.2) is 35.2 Å². The molecule has 0 aliphatic carbocycles. The van der Waals surface area contributed by atoms with E-state index in [1.807, 2.05) is 0 Å². The van der Waals surface area contributed by atoms with Gasteiger partial charge in [-0.1, -0.05) is 18.2 Å². The van der Waals surface area contributed by atoms with Gasteiger partial charge in [0.2, 0.25) is 10.0 Å². The predicted molar refractivity (Wildman–Crippen MR) is 61.3 cm³/mol. The third kappa shape index (κ3) is 3.02. The van der Waals surface area contributed by atoms with Crippen LogP contribution in [0.2, 0.25) is 0 Å². The van der Waals surface area contributed by atoms with Crippen LogP contribution in [-0.4, -0.2) is 44.1 Å². The predicted octanol–water partition coefficient (Wildman–Crippen LogP) is -0.373. The van der Waals surface area contributed by atoms with Gasteiger partial charge in [0, 0.05) is 20.1 Å². The van der Waals surface area contributed by atoms with E-state index in [0.717, 1.165) is 4.31 Å². The lowest BCUT2D eigenvalue weighted by molar-refractivity contribution is 0.160. The van der Waals surface area contributed by atoms with Crippen molar-refractivity contribution in [2.75, 3.05) is 20.1 Å². The highest BCUT2D eigenvalue weighted by atomic mass is 32.2. The van der Waals surface area contributed by atoms with Crippen molar-refractivity contribution >= 4 is 10.0 Å². The molecule has 90 valence electrons. The molecule has 0 aromatic heterocycles. The second-order valence-corrected chi connectivity index (χ2v) is 5.53. The fourth-order valence-electron chi connectivity index (χ4n) is 1.24. The average molecular weight is 244 g/mol. The van der Waals surface area contributed by atoms with Crippen molar-refractivity contribution in [3.63, 3.8) is 0 Å². The van der Waals surface area contributed by atoms with Gasteiger partial charge in [0.05, 0.1) is 11.0 Å². The molecule has 1 aromatic carbocycles. The van der Waals surface area contributed by atoms with E-state index in [1.165, 1.54) is 19.2 Å². The van der Waals surface area contributed by atoms with Gasteiger partial charge in [0.1, 0.15) is 0 Å². The Bertz CT molecular complexity index is 419.